The van der Waals surface area contributed by atoms with Crippen molar-refractivity contribution in [3.8, 4) is 0 Å². The third-order valence-corrected chi connectivity index (χ3v) is 5.51. The third kappa shape index (κ3) is 3.02. The van der Waals surface area contributed by atoms with Gasteiger partial charge in [-0.3, -0.25) is 0 Å². The molecule has 1 aromatic carbocycles. The molecule has 1 heterocycles. The minimum absolute atomic E-state index is 0.0128. The van der Waals surface area contributed by atoms with Crippen LogP contribution in [0.2, 0.25) is 5.02 Å². The van der Waals surface area contributed by atoms with Crippen molar-refractivity contribution in [2.24, 2.45) is 0 Å². The molecule has 1 N–H and O–H groups in total. The maximum Gasteiger partial charge on any atom is 0.173 e. The van der Waals surface area contributed by atoms with E-state index < -0.39 is 9.84 Å². The first-order valence-electron chi connectivity index (χ1n) is 6.44. The van der Waals surface area contributed by atoms with Crippen molar-refractivity contribution in [2.75, 3.05) is 5.75 Å². The highest BCUT2D eigenvalue weighted by Crippen LogP contribution is 2.37. The molecule has 3 rings (SSSR count). The van der Waals surface area contributed by atoms with Crippen molar-refractivity contribution in [3.63, 3.8) is 0 Å². The van der Waals surface area contributed by atoms with Gasteiger partial charge in [-0.05, 0) is 36.5 Å². The lowest BCUT2D eigenvalue weighted by atomic mass is 9.75. The summed E-state index contributed by atoms with van der Waals surface area (Å²) in [7, 11) is -2.95. The van der Waals surface area contributed by atoms with Gasteiger partial charge in [-0.2, -0.15) is 0 Å². The van der Waals surface area contributed by atoms with Gasteiger partial charge in [0.25, 0.3) is 0 Å². The van der Waals surface area contributed by atoms with Crippen LogP contribution in [0, 0.1) is 0 Å². The van der Waals surface area contributed by atoms with Gasteiger partial charge in [-0.25, -0.2) is 8.42 Å². The van der Waals surface area contributed by atoms with Crippen molar-refractivity contribution in [1.29, 1.82) is 0 Å². The molecule has 1 saturated carbocycles. The monoisotopic (exact) mass is 297 g/mol. The lowest BCUT2D eigenvalue weighted by Gasteiger charge is -2.37. The summed E-state index contributed by atoms with van der Waals surface area (Å²) in [6.45, 7) is 0. The minimum atomic E-state index is -2.95. The van der Waals surface area contributed by atoms with Crippen LogP contribution >= 0.6 is 11.6 Å². The molecule has 1 fully saturated rings. The molecule has 2 aliphatic rings. The van der Waals surface area contributed by atoms with Crippen LogP contribution in [0.15, 0.2) is 35.7 Å². The van der Waals surface area contributed by atoms with Gasteiger partial charge < -0.3 is 5.32 Å². The van der Waals surface area contributed by atoms with Crippen LogP contribution in [0.25, 0.3) is 0 Å². The van der Waals surface area contributed by atoms with E-state index in [-0.39, 0.29) is 11.8 Å². The molecule has 102 valence electrons. The van der Waals surface area contributed by atoms with Crippen molar-refractivity contribution >= 4 is 21.4 Å². The molecule has 5 heteroatoms. The number of halogens is 1. The fourth-order valence-electron chi connectivity index (χ4n) is 2.74. The zero-order valence-electron chi connectivity index (χ0n) is 10.4. The lowest BCUT2D eigenvalue weighted by molar-refractivity contribution is 0.283. The molecule has 0 saturated heterocycles. The standard InChI is InChI=1S/C14H16ClNO2S/c15-12-3-1-10(2-4-12)11-7-14(8-11)16-13-5-6-19(17,18)9-13/h1-6,11,13-14,16H,7-9H2. The van der Waals surface area contributed by atoms with E-state index in [4.69, 9.17) is 11.6 Å². The number of rotatable bonds is 3. The smallest absolute Gasteiger partial charge is 0.173 e. The van der Waals surface area contributed by atoms with E-state index in [1.165, 1.54) is 11.0 Å². The number of benzene rings is 1. The van der Waals surface area contributed by atoms with Crippen LogP contribution in [0.3, 0.4) is 0 Å². The summed E-state index contributed by atoms with van der Waals surface area (Å²) < 4.78 is 22.6. The summed E-state index contributed by atoms with van der Waals surface area (Å²) in [6, 6.07) is 8.39. The van der Waals surface area contributed by atoms with E-state index in [2.05, 4.69) is 17.4 Å². The van der Waals surface area contributed by atoms with Crippen molar-refractivity contribution in [1.82, 2.24) is 5.32 Å². The second kappa shape index (κ2) is 4.93. The van der Waals surface area contributed by atoms with Gasteiger partial charge in [0.1, 0.15) is 0 Å². The first kappa shape index (κ1) is 13.2. The highest BCUT2D eigenvalue weighted by molar-refractivity contribution is 7.94. The van der Waals surface area contributed by atoms with Crippen LogP contribution in [-0.2, 0) is 9.84 Å². The van der Waals surface area contributed by atoms with Gasteiger partial charge in [0.05, 0.1) is 5.75 Å². The molecular formula is C14H16ClNO2S. The van der Waals surface area contributed by atoms with Crippen LogP contribution in [0.5, 0.6) is 0 Å². The molecule has 3 nitrogen and oxygen atoms in total. The maximum absolute atomic E-state index is 11.3. The van der Waals surface area contributed by atoms with Crippen molar-refractivity contribution in [3.05, 3.63) is 46.3 Å². The van der Waals surface area contributed by atoms with Crippen LogP contribution in [-0.4, -0.2) is 26.3 Å². The Hall–Kier alpha value is -0.840. The van der Waals surface area contributed by atoms with Crippen LogP contribution < -0.4 is 5.32 Å². The van der Waals surface area contributed by atoms with Crippen LogP contribution in [0.1, 0.15) is 24.3 Å². The molecule has 1 aliphatic carbocycles. The van der Waals surface area contributed by atoms with E-state index in [0.717, 1.165) is 17.9 Å². The summed E-state index contributed by atoms with van der Waals surface area (Å²) in [5.74, 6) is 0.770. The van der Waals surface area contributed by atoms with E-state index in [1.807, 2.05) is 12.1 Å². The minimum Gasteiger partial charge on any atom is -0.307 e. The zero-order valence-corrected chi connectivity index (χ0v) is 12.0. The van der Waals surface area contributed by atoms with E-state index >= 15 is 0 Å². The molecule has 0 spiro atoms. The summed E-state index contributed by atoms with van der Waals surface area (Å²) >= 11 is 5.87. The second-order valence-corrected chi connectivity index (χ2v) is 7.72. The lowest BCUT2D eigenvalue weighted by Crippen LogP contribution is -2.45. The van der Waals surface area contributed by atoms with Gasteiger partial charge in [-0.15, -0.1) is 0 Å². The third-order valence-electron chi connectivity index (χ3n) is 3.86. The van der Waals surface area contributed by atoms with Gasteiger partial charge in [0.15, 0.2) is 9.84 Å². The van der Waals surface area contributed by atoms with Gasteiger partial charge in [-0.1, -0.05) is 29.8 Å². The van der Waals surface area contributed by atoms with Gasteiger partial charge in [0, 0.05) is 22.5 Å². The fourth-order valence-corrected chi connectivity index (χ4v) is 4.12. The Kier molecular flexibility index (Phi) is 3.41. The fraction of sp³-hybridized carbons (Fsp3) is 0.429. The normalized spacial score (nSPS) is 32.2. The summed E-state index contributed by atoms with van der Waals surface area (Å²) in [6.07, 6.45) is 3.88. The molecule has 1 aliphatic heterocycles. The molecule has 1 aromatic rings. The molecule has 19 heavy (non-hydrogen) atoms. The highest BCUT2D eigenvalue weighted by Gasteiger charge is 2.33. The number of nitrogens with one attached hydrogen (secondary N) is 1. The van der Waals surface area contributed by atoms with Gasteiger partial charge >= 0.3 is 0 Å². The maximum atomic E-state index is 11.3. The molecule has 1 unspecified atom stereocenters. The Morgan fingerprint density at radius 2 is 1.84 bits per heavy atom. The zero-order chi connectivity index (χ0) is 13.5. The Labute approximate surface area is 118 Å². The molecule has 1 atom stereocenters. The molecule has 0 amide bonds. The molecule has 0 aromatic heterocycles. The van der Waals surface area contributed by atoms with Crippen molar-refractivity contribution in [2.45, 2.75) is 30.8 Å². The average molecular weight is 298 g/mol. The molecule has 0 bridgehead atoms. The van der Waals surface area contributed by atoms with Crippen LogP contribution in [0.4, 0.5) is 0 Å². The summed E-state index contributed by atoms with van der Waals surface area (Å²) in [5.41, 5.74) is 1.32. The Balaban J connectivity index is 1.51. The Morgan fingerprint density at radius 1 is 1.16 bits per heavy atom. The first-order valence-corrected chi connectivity index (χ1v) is 8.54. The topological polar surface area (TPSA) is 46.2 Å². The van der Waals surface area contributed by atoms with E-state index in [1.54, 1.807) is 6.08 Å². The molecular weight excluding hydrogens is 282 g/mol. The highest BCUT2D eigenvalue weighted by atomic mass is 35.5. The summed E-state index contributed by atoms with van der Waals surface area (Å²) in [4.78, 5) is 0. The molecule has 0 radical (unpaired) electrons. The van der Waals surface area contributed by atoms with E-state index in [0.29, 0.717) is 12.0 Å². The average Bonchev–Trinajstić information content (AvgIpc) is 2.64. The second-order valence-electron chi connectivity index (χ2n) is 5.35. The summed E-state index contributed by atoms with van der Waals surface area (Å²) in [5, 5.41) is 5.47. The SMILES string of the molecule is O=S1(=O)C=CC(NC2CC(c3ccc(Cl)cc3)C2)C1. The Morgan fingerprint density at radius 3 is 2.42 bits per heavy atom. The van der Waals surface area contributed by atoms with Crippen molar-refractivity contribution < 1.29 is 8.42 Å². The quantitative estimate of drug-likeness (QED) is 0.932. The predicted molar refractivity (Wildman–Crippen MR) is 77.1 cm³/mol. The van der Waals surface area contributed by atoms with E-state index in [9.17, 15) is 8.42 Å². The Bertz CT molecular complexity index is 588. The number of hydrogen-bond donors (Lipinski definition) is 1. The first-order chi connectivity index (χ1) is 9.02. The van der Waals surface area contributed by atoms with Gasteiger partial charge in [0.2, 0.25) is 0 Å². The number of sulfone groups is 1. The number of hydrogen-bond acceptors (Lipinski definition) is 3. The largest absolute Gasteiger partial charge is 0.307 e. The predicted octanol–water partition coefficient (Wildman–Crippen LogP) is 2.49.